The Kier molecular flexibility index (Phi) is 2.42. The van der Waals surface area contributed by atoms with Crippen molar-refractivity contribution in [2.24, 2.45) is 0 Å². The van der Waals surface area contributed by atoms with Crippen LogP contribution in [0, 0.1) is 13.8 Å². The third-order valence-electron chi connectivity index (χ3n) is 2.53. The van der Waals surface area contributed by atoms with Crippen LogP contribution in [0.4, 0.5) is 5.69 Å². The Morgan fingerprint density at radius 3 is 2.33 bits per heavy atom. The second kappa shape index (κ2) is 3.73. The molecule has 0 aliphatic rings. The molecule has 2 N–H and O–H groups in total. The van der Waals surface area contributed by atoms with Crippen molar-refractivity contribution in [3.63, 3.8) is 0 Å². The van der Waals surface area contributed by atoms with Gasteiger partial charge < -0.3 is 5.73 Å². The summed E-state index contributed by atoms with van der Waals surface area (Å²) in [5.41, 5.74) is 11.3. The van der Waals surface area contributed by atoms with Gasteiger partial charge in [0.1, 0.15) is 0 Å². The van der Waals surface area contributed by atoms with Crippen LogP contribution < -0.4 is 5.73 Å². The molecule has 76 valence electrons. The zero-order valence-electron chi connectivity index (χ0n) is 8.99. The summed E-state index contributed by atoms with van der Waals surface area (Å²) < 4.78 is 0. The molecule has 0 aliphatic carbocycles. The Morgan fingerprint density at radius 2 is 1.73 bits per heavy atom. The maximum Gasteiger partial charge on any atom is 0.0506 e. The maximum atomic E-state index is 5.73. The number of nitrogens with zero attached hydrogens (tertiary/aromatic N) is 1. The van der Waals surface area contributed by atoms with Crippen LogP contribution in [0.2, 0.25) is 0 Å². The van der Waals surface area contributed by atoms with Gasteiger partial charge in [0.2, 0.25) is 0 Å². The monoisotopic (exact) mass is 198 g/mol. The standard InChI is InChI=1S/C13H14N2/c1-9-4-3-5-10(2)13(9)11-6-12(14)8-15-7-11/h3-8H,14H2,1-2H3. The number of hydrogen-bond donors (Lipinski definition) is 1. The molecule has 0 saturated carbocycles. The van der Waals surface area contributed by atoms with Gasteiger partial charge in [0.05, 0.1) is 5.69 Å². The van der Waals surface area contributed by atoms with Gasteiger partial charge in [-0.3, -0.25) is 4.98 Å². The highest BCUT2D eigenvalue weighted by atomic mass is 14.7. The molecular formula is C13H14N2. The molecule has 0 fully saturated rings. The number of hydrogen-bond acceptors (Lipinski definition) is 2. The maximum absolute atomic E-state index is 5.73. The molecule has 0 unspecified atom stereocenters. The molecule has 0 aliphatic heterocycles. The molecule has 1 heterocycles. The highest BCUT2D eigenvalue weighted by Gasteiger charge is 2.05. The Morgan fingerprint density at radius 1 is 1.07 bits per heavy atom. The summed E-state index contributed by atoms with van der Waals surface area (Å²) in [7, 11) is 0. The Hall–Kier alpha value is -1.83. The smallest absolute Gasteiger partial charge is 0.0506 e. The average Bonchev–Trinajstić information content (AvgIpc) is 2.17. The van der Waals surface area contributed by atoms with Crippen LogP contribution in [-0.2, 0) is 0 Å². The van der Waals surface area contributed by atoms with Crippen molar-refractivity contribution in [1.29, 1.82) is 0 Å². The fraction of sp³-hybridized carbons (Fsp3) is 0.154. The van der Waals surface area contributed by atoms with E-state index in [1.807, 2.05) is 12.3 Å². The molecule has 2 heteroatoms. The first-order valence-electron chi connectivity index (χ1n) is 4.95. The van der Waals surface area contributed by atoms with Crippen molar-refractivity contribution in [3.8, 4) is 11.1 Å². The zero-order chi connectivity index (χ0) is 10.8. The molecule has 15 heavy (non-hydrogen) atoms. The summed E-state index contributed by atoms with van der Waals surface area (Å²) in [6.07, 6.45) is 3.52. The molecule has 2 rings (SSSR count). The molecule has 2 aromatic rings. The van der Waals surface area contributed by atoms with Crippen LogP contribution in [0.3, 0.4) is 0 Å². The first-order chi connectivity index (χ1) is 7.18. The van der Waals surface area contributed by atoms with Crippen LogP contribution in [0.25, 0.3) is 11.1 Å². The number of rotatable bonds is 1. The molecule has 1 aromatic carbocycles. The second-order valence-electron chi connectivity index (χ2n) is 3.77. The summed E-state index contributed by atoms with van der Waals surface area (Å²) >= 11 is 0. The highest BCUT2D eigenvalue weighted by molar-refractivity contribution is 5.72. The second-order valence-corrected chi connectivity index (χ2v) is 3.77. The number of anilines is 1. The summed E-state index contributed by atoms with van der Waals surface area (Å²) in [5.74, 6) is 0. The lowest BCUT2D eigenvalue weighted by molar-refractivity contribution is 1.31. The SMILES string of the molecule is Cc1cccc(C)c1-c1cncc(N)c1. The van der Waals surface area contributed by atoms with Crippen LogP contribution >= 0.6 is 0 Å². The van der Waals surface area contributed by atoms with Crippen LogP contribution in [0.5, 0.6) is 0 Å². The number of nitrogen functional groups attached to an aromatic ring is 1. The Bertz CT molecular complexity index is 469. The minimum atomic E-state index is 0.704. The summed E-state index contributed by atoms with van der Waals surface area (Å²) in [6.45, 7) is 4.21. The fourth-order valence-corrected chi connectivity index (χ4v) is 1.86. The van der Waals surface area contributed by atoms with Gasteiger partial charge in [0.25, 0.3) is 0 Å². The van der Waals surface area contributed by atoms with Gasteiger partial charge in [-0.05, 0) is 36.6 Å². The van der Waals surface area contributed by atoms with Crippen LogP contribution in [0.15, 0.2) is 36.7 Å². The first-order valence-corrected chi connectivity index (χ1v) is 4.95. The fourth-order valence-electron chi connectivity index (χ4n) is 1.86. The van der Waals surface area contributed by atoms with Gasteiger partial charge in [-0.1, -0.05) is 18.2 Å². The van der Waals surface area contributed by atoms with Crippen molar-refractivity contribution in [3.05, 3.63) is 47.8 Å². The van der Waals surface area contributed by atoms with E-state index in [1.165, 1.54) is 16.7 Å². The minimum Gasteiger partial charge on any atom is -0.397 e. The summed E-state index contributed by atoms with van der Waals surface area (Å²) in [5, 5.41) is 0. The van der Waals surface area contributed by atoms with E-state index < -0.39 is 0 Å². The van der Waals surface area contributed by atoms with Gasteiger partial charge in [0, 0.05) is 18.0 Å². The van der Waals surface area contributed by atoms with Crippen LogP contribution in [0.1, 0.15) is 11.1 Å². The molecule has 1 aromatic heterocycles. The van der Waals surface area contributed by atoms with Crippen LogP contribution in [-0.4, -0.2) is 4.98 Å². The topological polar surface area (TPSA) is 38.9 Å². The van der Waals surface area contributed by atoms with E-state index >= 15 is 0 Å². The summed E-state index contributed by atoms with van der Waals surface area (Å²) in [6, 6.07) is 8.23. The van der Waals surface area contributed by atoms with Gasteiger partial charge in [0.15, 0.2) is 0 Å². The number of benzene rings is 1. The van der Waals surface area contributed by atoms with Crippen molar-refractivity contribution in [2.75, 3.05) is 5.73 Å². The van der Waals surface area contributed by atoms with E-state index in [-0.39, 0.29) is 0 Å². The van der Waals surface area contributed by atoms with Gasteiger partial charge >= 0.3 is 0 Å². The number of nitrogens with two attached hydrogens (primary N) is 1. The van der Waals surface area contributed by atoms with Gasteiger partial charge in [-0.25, -0.2) is 0 Å². The summed E-state index contributed by atoms with van der Waals surface area (Å²) in [4.78, 5) is 4.12. The number of aromatic nitrogens is 1. The molecule has 0 spiro atoms. The van der Waals surface area contributed by atoms with E-state index in [9.17, 15) is 0 Å². The predicted molar refractivity (Wildman–Crippen MR) is 63.6 cm³/mol. The molecule has 0 bridgehead atoms. The van der Waals surface area contributed by atoms with E-state index in [2.05, 4.69) is 37.0 Å². The molecule has 0 saturated heterocycles. The van der Waals surface area contributed by atoms with E-state index in [1.54, 1.807) is 6.20 Å². The minimum absolute atomic E-state index is 0.704. The third kappa shape index (κ3) is 1.84. The first kappa shape index (κ1) is 9.71. The number of pyridine rings is 1. The lowest BCUT2D eigenvalue weighted by Gasteiger charge is -2.09. The highest BCUT2D eigenvalue weighted by Crippen LogP contribution is 2.27. The Balaban J connectivity index is 2.63. The largest absolute Gasteiger partial charge is 0.397 e. The van der Waals surface area contributed by atoms with Crippen molar-refractivity contribution in [2.45, 2.75) is 13.8 Å². The quantitative estimate of drug-likeness (QED) is 0.765. The van der Waals surface area contributed by atoms with Crippen molar-refractivity contribution < 1.29 is 0 Å². The lowest BCUT2D eigenvalue weighted by atomic mass is 9.97. The van der Waals surface area contributed by atoms with Crippen molar-refractivity contribution in [1.82, 2.24) is 4.98 Å². The molecule has 0 atom stereocenters. The average molecular weight is 198 g/mol. The van der Waals surface area contributed by atoms with E-state index in [4.69, 9.17) is 5.73 Å². The van der Waals surface area contributed by atoms with Gasteiger partial charge in [-0.2, -0.15) is 0 Å². The van der Waals surface area contributed by atoms with Gasteiger partial charge in [-0.15, -0.1) is 0 Å². The molecular weight excluding hydrogens is 184 g/mol. The normalized spacial score (nSPS) is 10.3. The molecule has 2 nitrogen and oxygen atoms in total. The van der Waals surface area contributed by atoms with Crippen molar-refractivity contribution >= 4 is 5.69 Å². The number of aryl methyl sites for hydroxylation is 2. The Labute approximate surface area is 89.8 Å². The van der Waals surface area contributed by atoms with E-state index in [0.29, 0.717) is 5.69 Å². The molecule has 0 radical (unpaired) electrons. The molecule has 0 amide bonds. The predicted octanol–water partition coefficient (Wildman–Crippen LogP) is 2.95. The van der Waals surface area contributed by atoms with E-state index in [0.717, 1.165) is 5.56 Å². The lowest BCUT2D eigenvalue weighted by Crippen LogP contribution is -1.91. The zero-order valence-corrected chi connectivity index (χ0v) is 8.99. The third-order valence-corrected chi connectivity index (χ3v) is 2.53.